The largest absolute Gasteiger partial charge is 0.456 e. The summed E-state index contributed by atoms with van der Waals surface area (Å²) in [6, 6.07) is 7.81. The number of nitrogens with one attached hydrogen (secondary N) is 2. The summed E-state index contributed by atoms with van der Waals surface area (Å²) < 4.78 is 11.4. The van der Waals surface area contributed by atoms with Crippen molar-refractivity contribution in [2.24, 2.45) is 0 Å². The van der Waals surface area contributed by atoms with Crippen molar-refractivity contribution in [2.75, 3.05) is 17.4 Å². The summed E-state index contributed by atoms with van der Waals surface area (Å²) in [6.07, 6.45) is -0.747. The first kappa shape index (κ1) is 22.2. The molecule has 1 aromatic carbocycles. The van der Waals surface area contributed by atoms with E-state index in [1.54, 1.807) is 39.8 Å². The molecule has 0 aliphatic carbocycles. The van der Waals surface area contributed by atoms with E-state index in [2.05, 4.69) is 10.4 Å². The van der Waals surface area contributed by atoms with Crippen molar-refractivity contribution in [1.29, 1.82) is 0 Å². The van der Waals surface area contributed by atoms with Crippen molar-refractivity contribution in [2.45, 2.75) is 33.3 Å². The summed E-state index contributed by atoms with van der Waals surface area (Å²) >= 11 is 1.000. The maximum atomic E-state index is 12.8. The molecule has 164 valence electrons. The van der Waals surface area contributed by atoms with E-state index in [9.17, 15) is 19.6 Å². The second-order valence-electron chi connectivity index (χ2n) is 7.40. The highest BCUT2D eigenvalue weighted by Gasteiger charge is 2.26. The first-order chi connectivity index (χ1) is 14.6. The number of para-hydroxylation sites is 1. The van der Waals surface area contributed by atoms with Crippen LogP contribution in [0.5, 0.6) is 0 Å². The van der Waals surface area contributed by atoms with E-state index < -0.39 is 23.6 Å². The van der Waals surface area contributed by atoms with Crippen LogP contribution in [0.25, 0.3) is 10.2 Å². The van der Waals surface area contributed by atoms with Crippen LogP contribution in [0.3, 0.4) is 0 Å². The molecule has 1 amide bonds. The Bertz CT molecular complexity index is 1140. The van der Waals surface area contributed by atoms with Crippen LogP contribution in [0.4, 0.5) is 16.3 Å². The lowest BCUT2D eigenvalue weighted by molar-refractivity contribution is 0.00751. The van der Waals surface area contributed by atoms with Gasteiger partial charge in [-0.25, -0.2) is 9.59 Å². The number of amides is 1. The number of ether oxygens (including phenoxy) is 2. The lowest BCUT2D eigenvalue weighted by atomic mass is 10.1. The van der Waals surface area contributed by atoms with Crippen LogP contribution in [0.15, 0.2) is 30.3 Å². The molecule has 11 heteroatoms. The molecular formula is C20H22N4O6S. The van der Waals surface area contributed by atoms with E-state index in [4.69, 9.17) is 9.47 Å². The van der Waals surface area contributed by atoms with Gasteiger partial charge in [-0.2, -0.15) is 4.68 Å². The van der Waals surface area contributed by atoms with Crippen LogP contribution in [-0.2, 0) is 9.47 Å². The number of hydrogen-bond donors (Lipinski definition) is 3. The van der Waals surface area contributed by atoms with E-state index in [1.165, 1.54) is 18.2 Å². The highest BCUT2D eigenvalue weighted by molar-refractivity contribution is 7.20. The van der Waals surface area contributed by atoms with Gasteiger partial charge in [0.05, 0.1) is 23.2 Å². The van der Waals surface area contributed by atoms with Crippen molar-refractivity contribution in [3.05, 3.63) is 40.8 Å². The quantitative estimate of drug-likeness (QED) is 0.394. The van der Waals surface area contributed by atoms with Gasteiger partial charge in [0.25, 0.3) is 5.91 Å². The van der Waals surface area contributed by atoms with Gasteiger partial charge in [0.15, 0.2) is 5.82 Å². The van der Waals surface area contributed by atoms with Gasteiger partial charge in [-0.05, 0) is 45.9 Å². The Labute approximate surface area is 181 Å². The Hall–Kier alpha value is -3.44. The van der Waals surface area contributed by atoms with Crippen LogP contribution in [0, 0.1) is 0 Å². The fraction of sp³-hybridized carbons (Fsp3) is 0.300. The summed E-state index contributed by atoms with van der Waals surface area (Å²) in [7, 11) is 0. The monoisotopic (exact) mass is 446 g/mol. The molecule has 3 rings (SSSR count). The molecule has 2 aromatic heterocycles. The third kappa shape index (κ3) is 4.84. The molecule has 0 bridgehead atoms. The number of hydrogen-bond acceptors (Lipinski definition) is 9. The van der Waals surface area contributed by atoms with Crippen molar-refractivity contribution in [1.82, 2.24) is 9.78 Å². The lowest BCUT2D eigenvalue weighted by Gasteiger charge is -2.18. The van der Waals surface area contributed by atoms with Gasteiger partial charge in [-0.15, -0.1) is 16.4 Å². The smallest absolute Gasteiger partial charge is 0.436 e. The highest BCUT2D eigenvalue weighted by atomic mass is 32.1. The second-order valence-corrected chi connectivity index (χ2v) is 8.43. The van der Waals surface area contributed by atoms with Gasteiger partial charge >= 0.3 is 12.1 Å². The number of aromatic nitrogens is 2. The van der Waals surface area contributed by atoms with Crippen LogP contribution < -0.4 is 10.8 Å². The predicted octanol–water partition coefficient (Wildman–Crippen LogP) is 4.11. The molecule has 0 spiro atoms. The molecule has 0 atom stereocenters. The molecule has 31 heavy (non-hydrogen) atoms. The molecule has 0 fully saturated rings. The van der Waals surface area contributed by atoms with Crippen LogP contribution >= 0.6 is 11.3 Å². The molecule has 3 aromatic rings. The number of nitrogens with zero attached hydrogens (tertiary/aromatic N) is 2. The molecule has 0 unspecified atom stereocenters. The van der Waals surface area contributed by atoms with E-state index in [0.717, 1.165) is 16.0 Å². The van der Waals surface area contributed by atoms with E-state index in [0.29, 0.717) is 10.2 Å². The third-order valence-electron chi connectivity index (χ3n) is 3.92. The fourth-order valence-electron chi connectivity index (χ4n) is 2.69. The van der Waals surface area contributed by atoms with Crippen LogP contribution in [0.2, 0.25) is 0 Å². The first-order valence-corrected chi connectivity index (χ1v) is 10.2. The number of carbonyl (C=O) groups is 3. The molecule has 0 aliphatic rings. The Morgan fingerprint density at radius 1 is 1.23 bits per heavy atom. The van der Waals surface area contributed by atoms with Gasteiger partial charge in [-0.1, -0.05) is 12.1 Å². The molecular weight excluding hydrogens is 424 g/mol. The molecule has 0 radical (unpaired) electrons. The summed E-state index contributed by atoms with van der Waals surface area (Å²) in [4.78, 5) is 38.2. The zero-order chi connectivity index (χ0) is 22.8. The van der Waals surface area contributed by atoms with Crippen molar-refractivity contribution >= 4 is 51.0 Å². The number of benzene rings is 1. The van der Waals surface area contributed by atoms with Crippen LogP contribution in [-0.4, -0.2) is 45.2 Å². The number of rotatable bonds is 5. The zero-order valence-electron chi connectivity index (χ0n) is 17.4. The summed E-state index contributed by atoms with van der Waals surface area (Å²) in [5.74, 6) is -1.07. The highest BCUT2D eigenvalue weighted by Crippen LogP contribution is 2.33. The van der Waals surface area contributed by atoms with Gasteiger partial charge in [-0.3, -0.25) is 15.5 Å². The molecule has 10 nitrogen and oxygen atoms in total. The number of anilines is 2. The molecule has 2 heterocycles. The van der Waals surface area contributed by atoms with Crippen LogP contribution in [0.1, 0.15) is 47.7 Å². The van der Waals surface area contributed by atoms with Gasteiger partial charge in [0, 0.05) is 0 Å². The Kier molecular flexibility index (Phi) is 6.27. The van der Waals surface area contributed by atoms with Crippen molar-refractivity contribution in [3.8, 4) is 0 Å². The Balaban J connectivity index is 2.03. The third-order valence-corrected chi connectivity index (χ3v) is 5.02. The average molecular weight is 446 g/mol. The van der Waals surface area contributed by atoms with Crippen molar-refractivity contribution in [3.63, 3.8) is 0 Å². The Morgan fingerprint density at radius 3 is 2.58 bits per heavy atom. The molecule has 0 saturated carbocycles. The average Bonchev–Trinajstić information content (AvgIpc) is 3.27. The minimum atomic E-state index is -0.747. The Morgan fingerprint density at radius 2 is 1.94 bits per heavy atom. The first-order valence-electron chi connectivity index (χ1n) is 9.38. The summed E-state index contributed by atoms with van der Waals surface area (Å²) in [6.45, 7) is 7.02. The SMILES string of the molecule is CCOC(=O)n1nc(NC(=O)c2ccccc2NO)c2cc(C(=O)OC(C)(C)C)sc21. The van der Waals surface area contributed by atoms with E-state index >= 15 is 0 Å². The molecule has 0 aliphatic heterocycles. The van der Waals surface area contributed by atoms with E-state index in [1.807, 2.05) is 5.48 Å². The lowest BCUT2D eigenvalue weighted by Crippen LogP contribution is -2.23. The number of fused-ring (bicyclic) bond motifs is 1. The fourth-order valence-corrected chi connectivity index (χ4v) is 3.67. The second kappa shape index (κ2) is 8.74. The standard InChI is InChI=1S/C20H22N4O6S/c1-5-29-19(27)24-17-12(10-14(31-17)18(26)30-20(2,3)4)15(22-24)21-16(25)11-8-6-7-9-13(11)23-28/h6-10,23,28H,5H2,1-4H3,(H,21,22,25). The molecule has 3 N–H and O–H groups in total. The number of esters is 1. The zero-order valence-corrected chi connectivity index (χ0v) is 18.2. The molecule has 0 saturated heterocycles. The maximum absolute atomic E-state index is 12.8. The number of carbonyl (C=O) groups excluding carboxylic acids is 3. The topological polar surface area (TPSA) is 132 Å². The predicted molar refractivity (Wildman–Crippen MR) is 115 cm³/mol. The number of thiophene rings is 1. The minimum absolute atomic E-state index is 0.0619. The maximum Gasteiger partial charge on any atom is 0.436 e. The van der Waals surface area contributed by atoms with Gasteiger partial charge < -0.3 is 14.8 Å². The van der Waals surface area contributed by atoms with Crippen molar-refractivity contribution < 1.29 is 29.1 Å². The van der Waals surface area contributed by atoms with E-state index in [-0.39, 0.29) is 28.6 Å². The van der Waals surface area contributed by atoms with Gasteiger partial charge in [0.2, 0.25) is 0 Å². The van der Waals surface area contributed by atoms with Gasteiger partial charge in [0.1, 0.15) is 15.3 Å². The normalized spacial score (nSPS) is 11.3. The summed E-state index contributed by atoms with van der Waals surface area (Å²) in [5.41, 5.74) is 1.62. The summed E-state index contributed by atoms with van der Waals surface area (Å²) in [5, 5.41) is 16.4. The minimum Gasteiger partial charge on any atom is -0.456 e.